The molecule has 1 amide bonds. The molecule has 0 saturated heterocycles. The van der Waals surface area contributed by atoms with Gasteiger partial charge in [0.1, 0.15) is 6.04 Å². The molecule has 0 fully saturated rings. The van der Waals surface area contributed by atoms with Gasteiger partial charge in [-0.15, -0.1) is 0 Å². The first-order chi connectivity index (χ1) is 8.15. The van der Waals surface area contributed by atoms with Crippen LogP contribution in [-0.4, -0.2) is 12.5 Å². The van der Waals surface area contributed by atoms with Gasteiger partial charge in [-0.3, -0.25) is 4.79 Å². The predicted octanol–water partition coefficient (Wildman–Crippen LogP) is 2.69. The van der Waals surface area contributed by atoms with Crippen LogP contribution in [0.4, 0.5) is 5.69 Å². The quantitative estimate of drug-likeness (QED) is 0.784. The van der Waals surface area contributed by atoms with Crippen LogP contribution >= 0.6 is 0 Å². The number of hydrogen-bond donors (Lipinski definition) is 2. The monoisotopic (exact) mass is 232 g/mol. The Hall–Kier alpha value is -1.35. The standard InChI is InChI=1S/C14H20N2O/c1-4-5-8-15-13-11-7-6-9(2)10(3)12(11)16-14(13)17/h6-7,13,15H,4-5,8H2,1-3H3,(H,16,17). The van der Waals surface area contributed by atoms with E-state index < -0.39 is 0 Å². The molecule has 0 radical (unpaired) electrons. The average Bonchev–Trinajstić information content (AvgIpc) is 2.62. The van der Waals surface area contributed by atoms with E-state index in [1.165, 1.54) is 11.1 Å². The van der Waals surface area contributed by atoms with E-state index in [4.69, 9.17) is 0 Å². The summed E-state index contributed by atoms with van der Waals surface area (Å²) in [6.45, 7) is 7.17. The second-order valence-corrected chi connectivity index (χ2v) is 4.70. The van der Waals surface area contributed by atoms with E-state index in [-0.39, 0.29) is 11.9 Å². The van der Waals surface area contributed by atoms with Gasteiger partial charge in [-0.1, -0.05) is 25.5 Å². The molecule has 2 rings (SSSR count). The number of aryl methyl sites for hydroxylation is 1. The minimum atomic E-state index is -0.171. The predicted molar refractivity (Wildman–Crippen MR) is 70.2 cm³/mol. The molecule has 92 valence electrons. The number of amides is 1. The van der Waals surface area contributed by atoms with Crippen LogP contribution in [-0.2, 0) is 4.79 Å². The zero-order valence-corrected chi connectivity index (χ0v) is 10.8. The summed E-state index contributed by atoms with van der Waals surface area (Å²) in [5, 5.41) is 6.31. The molecule has 0 saturated carbocycles. The molecule has 2 N–H and O–H groups in total. The van der Waals surface area contributed by atoms with Crippen LogP contribution in [0, 0.1) is 13.8 Å². The summed E-state index contributed by atoms with van der Waals surface area (Å²) in [6, 6.07) is 3.97. The Morgan fingerprint density at radius 1 is 1.35 bits per heavy atom. The Labute approximate surface area is 103 Å². The second-order valence-electron chi connectivity index (χ2n) is 4.70. The van der Waals surface area contributed by atoms with Crippen molar-refractivity contribution in [2.24, 2.45) is 0 Å². The van der Waals surface area contributed by atoms with Crippen LogP contribution < -0.4 is 10.6 Å². The Morgan fingerprint density at radius 3 is 2.82 bits per heavy atom. The lowest BCUT2D eigenvalue weighted by molar-refractivity contribution is -0.117. The molecule has 1 aliphatic heterocycles. The topological polar surface area (TPSA) is 41.1 Å². The van der Waals surface area contributed by atoms with Gasteiger partial charge in [-0.05, 0) is 37.9 Å². The lowest BCUT2D eigenvalue weighted by Gasteiger charge is -2.11. The van der Waals surface area contributed by atoms with Crippen molar-refractivity contribution in [1.82, 2.24) is 5.32 Å². The van der Waals surface area contributed by atoms with Crippen molar-refractivity contribution in [3.05, 3.63) is 28.8 Å². The minimum Gasteiger partial charge on any atom is -0.324 e. The molecule has 3 heteroatoms. The minimum absolute atomic E-state index is 0.0739. The number of benzene rings is 1. The van der Waals surface area contributed by atoms with E-state index in [9.17, 15) is 4.79 Å². The maximum atomic E-state index is 11.9. The molecule has 1 heterocycles. The summed E-state index contributed by atoms with van der Waals surface area (Å²) < 4.78 is 0. The third kappa shape index (κ3) is 2.20. The van der Waals surface area contributed by atoms with E-state index in [0.29, 0.717) is 0 Å². The molecule has 1 aromatic carbocycles. The molecular weight excluding hydrogens is 212 g/mol. The highest BCUT2D eigenvalue weighted by Gasteiger charge is 2.31. The van der Waals surface area contributed by atoms with Crippen molar-refractivity contribution < 1.29 is 4.79 Å². The zero-order chi connectivity index (χ0) is 12.4. The normalized spacial score (nSPS) is 18.1. The maximum absolute atomic E-state index is 11.9. The number of carbonyl (C=O) groups excluding carboxylic acids is 1. The average molecular weight is 232 g/mol. The number of unbranched alkanes of at least 4 members (excludes halogenated alkanes) is 1. The fourth-order valence-corrected chi connectivity index (χ4v) is 2.21. The van der Waals surface area contributed by atoms with Crippen molar-refractivity contribution in [2.75, 3.05) is 11.9 Å². The van der Waals surface area contributed by atoms with E-state index in [1.54, 1.807) is 0 Å². The van der Waals surface area contributed by atoms with E-state index in [2.05, 4.69) is 43.5 Å². The number of rotatable bonds is 4. The molecule has 17 heavy (non-hydrogen) atoms. The fourth-order valence-electron chi connectivity index (χ4n) is 2.21. The lowest BCUT2D eigenvalue weighted by atomic mass is 10.0. The number of hydrogen-bond acceptors (Lipinski definition) is 2. The van der Waals surface area contributed by atoms with Crippen molar-refractivity contribution >= 4 is 11.6 Å². The molecule has 0 spiro atoms. The summed E-state index contributed by atoms with van der Waals surface area (Å²) in [6.07, 6.45) is 2.24. The lowest BCUT2D eigenvalue weighted by Crippen LogP contribution is -2.28. The first-order valence-corrected chi connectivity index (χ1v) is 6.29. The summed E-state index contributed by atoms with van der Waals surface area (Å²) in [4.78, 5) is 11.9. The highest BCUT2D eigenvalue weighted by molar-refractivity contribution is 6.03. The molecule has 1 aromatic rings. The summed E-state index contributed by atoms with van der Waals surface area (Å²) in [5.41, 5.74) is 4.49. The number of anilines is 1. The fraction of sp³-hybridized carbons (Fsp3) is 0.500. The Balaban J connectivity index is 2.22. The smallest absolute Gasteiger partial charge is 0.246 e. The second kappa shape index (κ2) is 4.88. The molecule has 0 aliphatic carbocycles. The van der Waals surface area contributed by atoms with Crippen LogP contribution in [0.3, 0.4) is 0 Å². The first kappa shape index (κ1) is 12.1. The van der Waals surface area contributed by atoms with Crippen LogP contribution in [0.25, 0.3) is 0 Å². The van der Waals surface area contributed by atoms with E-state index >= 15 is 0 Å². The van der Waals surface area contributed by atoms with Gasteiger partial charge in [0.15, 0.2) is 0 Å². The SMILES string of the molecule is CCCCNC1C(=O)Nc2c1ccc(C)c2C. The van der Waals surface area contributed by atoms with Gasteiger partial charge in [0.25, 0.3) is 0 Å². The maximum Gasteiger partial charge on any atom is 0.246 e. The van der Waals surface area contributed by atoms with Gasteiger partial charge in [0.05, 0.1) is 0 Å². The molecule has 1 unspecified atom stereocenters. The van der Waals surface area contributed by atoms with E-state index in [0.717, 1.165) is 30.6 Å². The van der Waals surface area contributed by atoms with Crippen molar-refractivity contribution in [3.8, 4) is 0 Å². The molecule has 3 nitrogen and oxygen atoms in total. The Bertz CT molecular complexity index is 440. The number of nitrogens with one attached hydrogen (secondary N) is 2. The molecule has 0 bridgehead atoms. The third-order valence-electron chi connectivity index (χ3n) is 3.47. The van der Waals surface area contributed by atoms with Crippen LogP contribution in [0.5, 0.6) is 0 Å². The van der Waals surface area contributed by atoms with Crippen LogP contribution in [0.15, 0.2) is 12.1 Å². The largest absolute Gasteiger partial charge is 0.324 e. The van der Waals surface area contributed by atoms with Crippen LogP contribution in [0.2, 0.25) is 0 Å². The van der Waals surface area contributed by atoms with Gasteiger partial charge in [0, 0.05) is 11.3 Å². The Kier molecular flexibility index (Phi) is 3.48. The molecule has 1 aliphatic rings. The summed E-state index contributed by atoms with van der Waals surface area (Å²) in [7, 11) is 0. The summed E-state index contributed by atoms with van der Waals surface area (Å²) >= 11 is 0. The number of carbonyl (C=O) groups is 1. The Morgan fingerprint density at radius 2 is 2.12 bits per heavy atom. The highest BCUT2D eigenvalue weighted by Crippen LogP contribution is 2.34. The van der Waals surface area contributed by atoms with Crippen molar-refractivity contribution in [3.63, 3.8) is 0 Å². The van der Waals surface area contributed by atoms with Crippen molar-refractivity contribution in [1.29, 1.82) is 0 Å². The van der Waals surface area contributed by atoms with Gasteiger partial charge < -0.3 is 10.6 Å². The molecular formula is C14H20N2O. The molecule has 1 atom stereocenters. The van der Waals surface area contributed by atoms with Gasteiger partial charge in [-0.2, -0.15) is 0 Å². The number of fused-ring (bicyclic) bond motifs is 1. The zero-order valence-electron chi connectivity index (χ0n) is 10.8. The summed E-state index contributed by atoms with van der Waals surface area (Å²) in [5.74, 6) is 0.0739. The third-order valence-corrected chi connectivity index (χ3v) is 3.47. The first-order valence-electron chi connectivity index (χ1n) is 6.29. The van der Waals surface area contributed by atoms with Crippen LogP contribution in [0.1, 0.15) is 42.5 Å². The van der Waals surface area contributed by atoms with Gasteiger partial charge in [-0.25, -0.2) is 0 Å². The highest BCUT2D eigenvalue weighted by atomic mass is 16.2. The molecule has 0 aromatic heterocycles. The van der Waals surface area contributed by atoms with Gasteiger partial charge >= 0.3 is 0 Å². The van der Waals surface area contributed by atoms with E-state index in [1.807, 2.05) is 0 Å². The van der Waals surface area contributed by atoms with Gasteiger partial charge in [0.2, 0.25) is 5.91 Å². The van der Waals surface area contributed by atoms with Crippen molar-refractivity contribution in [2.45, 2.75) is 39.7 Å².